The second-order valence-electron chi connectivity index (χ2n) is 6.01. The van der Waals surface area contributed by atoms with Crippen LogP contribution in [0.15, 0.2) is 12.1 Å². The number of ether oxygens (including phenoxy) is 1. The van der Waals surface area contributed by atoms with Gasteiger partial charge in [0.2, 0.25) is 11.8 Å². The maximum atomic E-state index is 12.2. The van der Waals surface area contributed by atoms with E-state index in [0.29, 0.717) is 31.6 Å². The maximum Gasteiger partial charge on any atom is 0.306 e. The number of nitrogens with zero attached hydrogens (tertiary/aromatic N) is 1. The molecule has 23 heavy (non-hydrogen) atoms. The molecule has 2 rings (SSSR count). The number of carboxylic acids is 1. The topological polar surface area (TPSA) is 88.5 Å². The molecule has 0 bridgehead atoms. The number of anilines is 1. The third-order valence-corrected chi connectivity index (χ3v) is 4.44. The van der Waals surface area contributed by atoms with Crippen molar-refractivity contribution in [2.75, 3.05) is 12.4 Å². The Morgan fingerprint density at radius 3 is 2.57 bits per heavy atom. The Hall–Kier alpha value is -2.11. The third kappa shape index (κ3) is 4.68. The molecule has 0 aromatic carbocycles. The highest BCUT2D eigenvalue weighted by Gasteiger charge is 2.27. The standard InChI is InChI=1S/C17H24N2O4/c1-3-13-14(8-9-16(19-13)23-2)18-15(20)10-11-4-6-12(7-5-11)17(21)22/h8-9,11-12H,3-7,10H2,1-2H3,(H,18,20)(H,21,22). The number of carbonyl (C=O) groups excluding carboxylic acids is 1. The molecule has 1 heterocycles. The van der Waals surface area contributed by atoms with Crippen LogP contribution < -0.4 is 10.1 Å². The molecule has 0 unspecified atom stereocenters. The third-order valence-electron chi connectivity index (χ3n) is 4.44. The zero-order valence-corrected chi connectivity index (χ0v) is 13.7. The van der Waals surface area contributed by atoms with Crippen LogP contribution in [0.4, 0.5) is 5.69 Å². The lowest BCUT2D eigenvalue weighted by atomic mass is 9.80. The van der Waals surface area contributed by atoms with Gasteiger partial charge in [0.05, 0.1) is 24.4 Å². The number of hydrogen-bond acceptors (Lipinski definition) is 4. The smallest absolute Gasteiger partial charge is 0.306 e. The summed E-state index contributed by atoms with van der Waals surface area (Å²) in [5.74, 6) is -0.198. The number of methoxy groups -OCH3 is 1. The van der Waals surface area contributed by atoms with Crippen molar-refractivity contribution in [3.63, 3.8) is 0 Å². The number of amides is 1. The second-order valence-corrected chi connectivity index (χ2v) is 6.01. The Balaban J connectivity index is 1.89. The fourth-order valence-electron chi connectivity index (χ4n) is 3.06. The molecule has 0 spiro atoms. The van der Waals surface area contributed by atoms with Gasteiger partial charge in [-0.25, -0.2) is 4.98 Å². The Labute approximate surface area is 136 Å². The molecule has 0 aliphatic heterocycles. The molecule has 0 saturated heterocycles. The van der Waals surface area contributed by atoms with Crippen molar-refractivity contribution in [3.8, 4) is 5.88 Å². The van der Waals surface area contributed by atoms with Crippen molar-refractivity contribution < 1.29 is 19.4 Å². The summed E-state index contributed by atoms with van der Waals surface area (Å²) >= 11 is 0. The number of pyridine rings is 1. The van der Waals surface area contributed by atoms with Gasteiger partial charge in [0.25, 0.3) is 0 Å². The van der Waals surface area contributed by atoms with Gasteiger partial charge in [-0.15, -0.1) is 0 Å². The minimum Gasteiger partial charge on any atom is -0.481 e. The van der Waals surface area contributed by atoms with Crippen LogP contribution in [0.1, 0.15) is 44.7 Å². The van der Waals surface area contributed by atoms with E-state index in [1.165, 1.54) is 0 Å². The van der Waals surface area contributed by atoms with Gasteiger partial charge in [-0.2, -0.15) is 0 Å². The number of aliphatic carboxylic acids is 1. The number of aryl methyl sites for hydroxylation is 1. The molecular weight excluding hydrogens is 296 g/mol. The van der Waals surface area contributed by atoms with Crippen molar-refractivity contribution in [3.05, 3.63) is 17.8 Å². The highest BCUT2D eigenvalue weighted by Crippen LogP contribution is 2.31. The van der Waals surface area contributed by atoms with Gasteiger partial charge in [-0.05, 0) is 44.1 Å². The van der Waals surface area contributed by atoms with E-state index < -0.39 is 5.97 Å². The SMILES string of the molecule is CCc1nc(OC)ccc1NC(=O)CC1CCC(C(=O)O)CC1. The number of hydrogen-bond donors (Lipinski definition) is 2. The summed E-state index contributed by atoms with van der Waals surface area (Å²) in [7, 11) is 1.56. The number of aromatic nitrogens is 1. The molecule has 1 aliphatic rings. The van der Waals surface area contributed by atoms with Crippen molar-refractivity contribution in [1.82, 2.24) is 4.98 Å². The number of rotatable bonds is 6. The minimum absolute atomic E-state index is 0.0366. The Bertz CT molecular complexity index is 566. The van der Waals surface area contributed by atoms with Crippen LogP contribution >= 0.6 is 0 Å². The molecular formula is C17H24N2O4. The first-order valence-corrected chi connectivity index (χ1v) is 8.10. The molecule has 1 amide bonds. The van der Waals surface area contributed by atoms with Gasteiger partial charge < -0.3 is 15.2 Å². The van der Waals surface area contributed by atoms with E-state index in [1.54, 1.807) is 13.2 Å². The molecule has 1 fully saturated rings. The summed E-state index contributed by atoms with van der Waals surface area (Å²) in [5, 5.41) is 11.9. The fraction of sp³-hybridized carbons (Fsp3) is 0.588. The number of carbonyl (C=O) groups is 2. The molecule has 0 radical (unpaired) electrons. The van der Waals surface area contributed by atoms with E-state index in [2.05, 4.69) is 10.3 Å². The summed E-state index contributed by atoms with van der Waals surface area (Å²) < 4.78 is 5.10. The van der Waals surface area contributed by atoms with Crippen LogP contribution in [0.25, 0.3) is 0 Å². The van der Waals surface area contributed by atoms with Crippen molar-refractivity contribution >= 4 is 17.6 Å². The molecule has 1 saturated carbocycles. The molecule has 2 N–H and O–H groups in total. The van der Waals surface area contributed by atoms with Gasteiger partial charge in [0.1, 0.15) is 0 Å². The molecule has 0 atom stereocenters. The first-order chi connectivity index (χ1) is 11.0. The monoisotopic (exact) mass is 320 g/mol. The van der Waals surface area contributed by atoms with Gasteiger partial charge in [-0.3, -0.25) is 9.59 Å². The van der Waals surface area contributed by atoms with E-state index in [4.69, 9.17) is 9.84 Å². The predicted molar refractivity (Wildman–Crippen MR) is 86.5 cm³/mol. The van der Waals surface area contributed by atoms with Crippen LogP contribution in [0.5, 0.6) is 5.88 Å². The van der Waals surface area contributed by atoms with Gasteiger partial charge in [0, 0.05) is 12.5 Å². The van der Waals surface area contributed by atoms with Gasteiger partial charge >= 0.3 is 5.97 Å². The van der Waals surface area contributed by atoms with Crippen LogP contribution in [0.3, 0.4) is 0 Å². The van der Waals surface area contributed by atoms with E-state index >= 15 is 0 Å². The van der Waals surface area contributed by atoms with Crippen LogP contribution in [0, 0.1) is 11.8 Å². The molecule has 126 valence electrons. The van der Waals surface area contributed by atoms with Crippen LogP contribution in [-0.4, -0.2) is 29.1 Å². The average molecular weight is 320 g/mol. The first-order valence-electron chi connectivity index (χ1n) is 8.10. The van der Waals surface area contributed by atoms with Crippen molar-refractivity contribution in [2.24, 2.45) is 11.8 Å². The minimum atomic E-state index is -0.718. The molecule has 6 heteroatoms. The normalized spacial score (nSPS) is 20.8. The van der Waals surface area contributed by atoms with E-state index in [9.17, 15) is 9.59 Å². The molecule has 1 aromatic rings. The Morgan fingerprint density at radius 2 is 2.00 bits per heavy atom. The molecule has 1 aromatic heterocycles. The predicted octanol–water partition coefficient (Wildman–Crippen LogP) is 2.87. The quantitative estimate of drug-likeness (QED) is 0.841. The van der Waals surface area contributed by atoms with Crippen LogP contribution in [-0.2, 0) is 16.0 Å². The maximum absolute atomic E-state index is 12.2. The summed E-state index contributed by atoms with van der Waals surface area (Å²) in [4.78, 5) is 27.5. The Morgan fingerprint density at radius 1 is 1.30 bits per heavy atom. The van der Waals surface area contributed by atoms with Crippen molar-refractivity contribution in [1.29, 1.82) is 0 Å². The second kappa shape index (κ2) is 7.94. The zero-order valence-electron chi connectivity index (χ0n) is 13.7. The highest BCUT2D eigenvalue weighted by atomic mass is 16.5. The van der Waals surface area contributed by atoms with Gasteiger partial charge in [-0.1, -0.05) is 6.92 Å². The lowest BCUT2D eigenvalue weighted by Crippen LogP contribution is -2.24. The van der Waals surface area contributed by atoms with Crippen LogP contribution in [0.2, 0.25) is 0 Å². The van der Waals surface area contributed by atoms with E-state index in [1.807, 2.05) is 13.0 Å². The summed E-state index contributed by atoms with van der Waals surface area (Å²) in [6, 6.07) is 3.54. The lowest BCUT2D eigenvalue weighted by molar-refractivity contribution is -0.143. The fourth-order valence-corrected chi connectivity index (χ4v) is 3.06. The van der Waals surface area contributed by atoms with E-state index in [-0.39, 0.29) is 17.7 Å². The summed E-state index contributed by atoms with van der Waals surface area (Å²) in [5.41, 5.74) is 1.52. The largest absolute Gasteiger partial charge is 0.481 e. The summed E-state index contributed by atoms with van der Waals surface area (Å²) in [6.07, 6.45) is 4.06. The Kier molecular flexibility index (Phi) is 5.96. The summed E-state index contributed by atoms with van der Waals surface area (Å²) in [6.45, 7) is 1.98. The molecule has 6 nitrogen and oxygen atoms in total. The number of nitrogens with one attached hydrogen (secondary N) is 1. The highest BCUT2D eigenvalue weighted by molar-refractivity contribution is 5.91. The molecule has 1 aliphatic carbocycles. The van der Waals surface area contributed by atoms with Crippen molar-refractivity contribution in [2.45, 2.75) is 45.4 Å². The zero-order chi connectivity index (χ0) is 16.8. The average Bonchev–Trinajstić information content (AvgIpc) is 2.55. The lowest BCUT2D eigenvalue weighted by Gasteiger charge is -2.25. The number of carboxylic acid groups (broad SMARTS) is 1. The van der Waals surface area contributed by atoms with E-state index in [0.717, 1.165) is 24.2 Å². The first kappa shape index (κ1) is 17.2. The van der Waals surface area contributed by atoms with Gasteiger partial charge in [0.15, 0.2) is 0 Å².